The summed E-state index contributed by atoms with van der Waals surface area (Å²) in [6.45, 7) is 2.35. The first-order chi connectivity index (χ1) is 6.89. The average molecular weight is 249 g/mol. The van der Waals surface area contributed by atoms with Gasteiger partial charge in [-0.1, -0.05) is 23.2 Å². The van der Waals surface area contributed by atoms with Crippen LogP contribution in [-0.4, -0.2) is 39.6 Å². The van der Waals surface area contributed by atoms with Crippen molar-refractivity contribution < 1.29 is 9.90 Å². The number of hydrogen-bond acceptors (Lipinski definition) is 2. The molecule has 1 fully saturated rings. The Kier molecular flexibility index (Phi) is 2.45. The summed E-state index contributed by atoms with van der Waals surface area (Å²) in [4.78, 5) is 16.0. The summed E-state index contributed by atoms with van der Waals surface area (Å²) in [5.41, 5.74) is -0.420. The standard InChI is InChI=1S/C9H10Cl2N2O2/c1-9(15)3-13(4-9)8(14)6-2-5(10)7(11)12-6/h2,12,15H,3-4H2,1H3. The molecule has 0 radical (unpaired) electrons. The van der Waals surface area contributed by atoms with Gasteiger partial charge in [-0.25, -0.2) is 0 Å². The molecule has 2 N–H and O–H groups in total. The summed E-state index contributed by atoms with van der Waals surface area (Å²) >= 11 is 11.4. The molecular formula is C9H10Cl2N2O2. The summed E-state index contributed by atoms with van der Waals surface area (Å²) in [6.07, 6.45) is 0. The Labute approximate surface area is 96.8 Å². The van der Waals surface area contributed by atoms with Crippen molar-refractivity contribution in [3.63, 3.8) is 0 Å². The second-order valence-electron chi connectivity index (χ2n) is 4.00. The van der Waals surface area contributed by atoms with Gasteiger partial charge >= 0.3 is 0 Å². The zero-order chi connectivity index (χ0) is 11.2. The summed E-state index contributed by atoms with van der Waals surface area (Å²) in [7, 11) is 0. The minimum absolute atomic E-state index is 0.199. The molecular weight excluding hydrogens is 239 g/mol. The smallest absolute Gasteiger partial charge is 0.270 e. The van der Waals surface area contributed by atoms with Crippen molar-refractivity contribution in [2.45, 2.75) is 12.5 Å². The van der Waals surface area contributed by atoms with Crippen molar-refractivity contribution in [3.8, 4) is 0 Å². The van der Waals surface area contributed by atoms with Gasteiger partial charge in [0.05, 0.1) is 23.7 Å². The Morgan fingerprint density at radius 2 is 2.20 bits per heavy atom. The average Bonchev–Trinajstić information content (AvgIpc) is 2.42. The molecule has 1 amide bonds. The number of amides is 1. The highest BCUT2D eigenvalue weighted by Gasteiger charge is 2.40. The van der Waals surface area contributed by atoms with E-state index in [0.29, 0.717) is 23.8 Å². The first-order valence-electron chi connectivity index (χ1n) is 4.45. The number of H-pyrrole nitrogens is 1. The van der Waals surface area contributed by atoms with E-state index in [-0.39, 0.29) is 11.1 Å². The zero-order valence-corrected chi connectivity index (χ0v) is 9.56. The predicted molar refractivity (Wildman–Crippen MR) is 57.3 cm³/mol. The molecule has 0 spiro atoms. The maximum absolute atomic E-state index is 11.7. The molecule has 4 nitrogen and oxygen atoms in total. The van der Waals surface area contributed by atoms with Crippen molar-refractivity contribution in [2.75, 3.05) is 13.1 Å². The minimum atomic E-state index is -0.768. The van der Waals surface area contributed by atoms with Gasteiger partial charge in [-0.05, 0) is 13.0 Å². The molecule has 1 aromatic rings. The fraction of sp³-hybridized carbons (Fsp3) is 0.444. The summed E-state index contributed by atoms with van der Waals surface area (Å²) in [5, 5.41) is 10.1. The topological polar surface area (TPSA) is 56.3 Å². The van der Waals surface area contributed by atoms with Crippen LogP contribution in [0.4, 0.5) is 0 Å². The van der Waals surface area contributed by atoms with Gasteiger partial charge in [0, 0.05) is 0 Å². The molecule has 0 aromatic carbocycles. The first kappa shape index (κ1) is 10.8. The van der Waals surface area contributed by atoms with E-state index < -0.39 is 5.60 Å². The molecule has 0 bridgehead atoms. The second-order valence-corrected chi connectivity index (χ2v) is 4.79. The number of β-amino-alcohol motifs (C(OH)–C–C–N with tert-alkyl or cyclic N) is 1. The van der Waals surface area contributed by atoms with E-state index >= 15 is 0 Å². The third-order valence-corrected chi connectivity index (χ3v) is 3.00. The number of rotatable bonds is 1. The van der Waals surface area contributed by atoms with Crippen LogP contribution in [0, 0.1) is 0 Å². The van der Waals surface area contributed by atoms with Crippen LogP contribution in [0.25, 0.3) is 0 Å². The highest BCUT2D eigenvalue weighted by molar-refractivity contribution is 6.41. The summed E-state index contributed by atoms with van der Waals surface area (Å²) in [6, 6.07) is 1.49. The second kappa shape index (κ2) is 3.40. The highest BCUT2D eigenvalue weighted by Crippen LogP contribution is 2.26. The largest absolute Gasteiger partial charge is 0.386 e. The Hall–Kier alpha value is -0.710. The SMILES string of the molecule is CC1(O)CN(C(=O)c2cc(Cl)c(Cl)[nH]2)C1. The van der Waals surface area contributed by atoms with Crippen LogP contribution in [0.15, 0.2) is 6.07 Å². The maximum atomic E-state index is 11.7. The summed E-state index contributed by atoms with van der Waals surface area (Å²) < 4.78 is 0. The van der Waals surface area contributed by atoms with E-state index in [1.165, 1.54) is 11.0 Å². The molecule has 1 saturated heterocycles. The monoisotopic (exact) mass is 248 g/mol. The normalized spacial score (nSPS) is 18.8. The number of halogens is 2. The predicted octanol–water partition coefficient (Wildman–Crippen LogP) is 1.53. The van der Waals surface area contributed by atoms with E-state index in [2.05, 4.69) is 4.98 Å². The number of carbonyl (C=O) groups is 1. The molecule has 2 heterocycles. The molecule has 82 valence electrons. The lowest BCUT2D eigenvalue weighted by molar-refractivity contribution is -0.0670. The lowest BCUT2D eigenvalue weighted by Gasteiger charge is -2.43. The van der Waals surface area contributed by atoms with Crippen LogP contribution >= 0.6 is 23.2 Å². The Morgan fingerprint density at radius 1 is 1.60 bits per heavy atom. The number of aromatic nitrogens is 1. The van der Waals surface area contributed by atoms with E-state index in [1.54, 1.807) is 6.92 Å². The van der Waals surface area contributed by atoms with Crippen molar-refractivity contribution in [3.05, 3.63) is 21.9 Å². The van der Waals surface area contributed by atoms with E-state index in [1.807, 2.05) is 0 Å². The molecule has 0 atom stereocenters. The fourth-order valence-corrected chi connectivity index (χ4v) is 1.92. The molecule has 0 unspecified atom stereocenters. The summed E-state index contributed by atoms with van der Waals surface area (Å²) in [5.74, 6) is -0.199. The lowest BCUT2D eigenvalue weighted by atomic mass is 9.97. The molecule has 1 aliphatic heterocycles. The number of likely N-dealkylation sites (tertiary alicyclic amines) is 1. The molecule has 1 aromatic heterocycles. The Balaban J connectivity index is 2.10. The molecule has 2 rings (SSSR count). The van der Waals surface area contributed by atoms with Gasteiger partial charge in [-0.15, -0.1) is 0 Å². The van der Waals surface area contributed by atoms with Gasteiger partial charge in [-0.3, -0.25) is 4.79 Å². The van der Waals surface area contributed by atoms with E-state index in [9.17, 15) is 9.90 Å². The van der Waals surface area contributed by atoms with E-state index in [0.717, 1.165) is 0 Å². The number of hydrogen-bond donors (Lipinski definition) is 2. The van der Waals surface area contributed by atoms with Crippen molar-refractivity contribution >= 4 is 29.1 Å². The van der Waals surface area contributed by atoms with E-state index in [4.69, 9.17) is 23.2 Å². The van der Waals surface area contributed by atoms with Gasteiger partial charge in [0.25, 0.3) is 5.91 Å². The van der Waals surface area contributed by atoms with Gasteiger partial charge in [0.2, 0.25) is 0 Å². The van der Waals surface area contributed by atoms with Crippen LogP contribution in [0.3, 0.4) is 0 Å². The first-order valence-corrected chi connectivity index (χ1v) is 5.20. The van der Waals surface area contributed by atoms with Crippen molar-refractivity contribution in [1.29, 1.82) is 0 Å². The molecule has 0 saturated carbocycles. The fourth-order valence-electron chi connectivity index (χ4n) is 1.61. The van der Waals surface area contributed by atoms with Crippen LogP contribution < -0.4 is 0 Å². The number of nitrogens with zero attached hydrogens (tertiary/aromatic N) is 1. The highest BCUT2D eigenvalue weighted by atomic mass is 35.5. The molecule has 15 heavy (non-hydrogen) atoms. The molecule has 0 aliphatic carbocycles. The van der Waals surface area contributed by atoms with Crippen molar-refractivity contribution in [2.24, 2.45) is 0 Å². The van der Waals surface area contributed by atoms with Crippen LogP contribution in [-0.2, 0) is 0 Å². The molecule has 1 aliphatic rings. The number of aliphatic hydroxyl groups is 1. The quantitative estimate of drug-likeness (QED) is 0.792. The third kappa shape index (κ3) is 1.97. The number of carbonyl (C=O) groups excluding carboxylic acids is 1. The van der Waals surface area contributed by atoms with Gasteiger partial charge in [0.15, 0.2) is 0 Å². The number of aromatic amines is 1. The van der Waals surface area contributed by atoms with Crippen LogP contribution in [0.1, 0.15) is 17.4 Å². The molecule has 6 heteroatoms. The van der Waals surface area contributed by atoms with Crippen LogP contribution in [0.5, 0.6) is 0 Å². The number of nitrogens with one attached hydrogen (secondary N) is 1. The zero-order valence-electron chi connectivity index (χ0n) is 8.05. The van der Waals surface area contributed by atoms with Gasteiger partial charge in [0.1, 0.15) is 10.8 Å². The third-order valence-electron chi connectivity index (χ3n) is 2.31. The van der Waals surface area contributed by atoms with Crippen LogP contribution in [0.2, 0.25) is 10.2 Å². The Morgan fingerprint density at radius 3 is 2.60 bits per heavy atom. The Bertz CT molecular complexity index is 387. The lowest BCUT2D eigenvalue weighted by Crippen LogP contribution is -2.61. The maximum Gasteiger partial charge on any atom is 0.270 e. The van der Waals surface area contributed by atoms with Gasteiger partial charge in [-0.2, -0.15) is 0 Å². The van der Waals surface area contributed by atoms with Gasteiger partial charge < -0.3 is 15.0 Å². The van der Waals surface area contributed by atoms with Crippen molar-refractivity contribution in [1.82, 2.24) is 9.88 Å². The minimum Gasteiger partial charge on any atom is -0.386 e.